The summed E-state index contributed by atoms with van der Waals surface area (Å²) < 4.78 is 38.0. The quantitative estimate of drug-likeness (QED) is 0.815. The Morgan fingerprint density at radius 1 is 1.20 bits per heavy atom. The monoisotopic (exact) mass is 363 g/mol. The number of rotatable bonds is 7. The second-order valence-corrected chi connectivity index (χ2v) is 7.48. The largest absolute Gasteiger partial charge is 0.454 e. The molecule has 1 aliphatic rings. The van der Waals surface area contributed by atoms with Crippen LogP contribution in [-0.4, -0.2) is 33.8 Å². The van der Waals surface area contributed by atoms with Crippen molar-refractivity contribution < 1.29 is 17.9 Å². The molecular weight excluding hydrogens is 342 g/mol. The van der Waals surface area contributed by atoms with Gasteiger partial charge in [-0.2, -0.15) is 0 Å². The zero-order chi connectivity index (χ0) is 17.9. The predicted molar refractivity (Wildman–Crippen MR) is 95.8 cm³/mol. The molecule has 1 aromatic heterocycles. The van der Waals surface area contributed by atoms with Crippen molar-refractivity contribution in [3.63, 3.8) is 0 Å². The van der Waals surface area contributed by atoms with E-state index in [0.717, 1.165) is 25.2 Å². The average Bonchev–Trinajstić information content (AvgIpc) is 3.07. The third-order valence-corrected chi connectivity index (χ3v) is 5.27. The van der Waals surface area contributed by atoms with Crippen LogP contribution in [0.5, 0.6) is 11.5 Å². The lowest BCUT2D eigenvalue weighted by molar-refractivity contribution is 0.174. The van der Waals surface area contributed by atoms with E-state index in [2.05, 4.69) is 16.6 Å². The number of unbranched alkanes of at least 4 members (excludes halogenated alkanes) is 1. The Kier molecular flexibility index (Phi) is 4.98. The van der Waals surface area contributed by atoms with Crippen molar-refractivity contribution >= 4 is 21.5 Å². The van der Waals surface area contributed by atoms with Gasteiger partial charge in [0.05, 0.1) is 16.8 Å². The highest BCUT2D eigenvalue weighted by atomic mass is 32.2. The third kappa shape index (κ3) is 3.96. The van der Waals surface area contributed by atoms with Crippen LogP contribution in [0.3, 0.4) is 0 Å². The molecule has 8 heteroatoms. The van der Waals surface area contributed by atoms with Crippen LogP contribution < -0.4 is 19.1 Å². The molecule has 0 aliphatic carbocycles. The Bertz CT molecular complexity index is 837. The van der Waals surface area contributed by atoms with Gasteiger partial charge in [-0.25, -0.2) is 13.4 Å². The summed E-state index contributed by atoms with van der Waals surface area (Å²) in [5.74, 6) is 1.77. The van der Waals surface area contributed by atoms with Crippen LogP contribution in [-0.2, 0) is 10.0 Å². The molecule has 0 saturated carbocycles. The van der Waals surface area contributed by atoms with Gasteiger partial charge in [0.2, 0.25) is 6.79 Å². The molecule has 0 radical (unpaired) electrons. The molecule has 1 aromatic carbocycles. The number of pyridine rings is 1. The molecule has 0 saturated heterocycles. The van der Waals surface area contributed by atoms with E-state index in [0.29, 0.717) is 17.2 Å². The van der Waals surface area contributed by atoms with E-state index in [4.69, 9.17) is 9.47 Å². The lowest BCUT2D eigenvalue weighted by Gasteiger charge is -2.18. The van der Waals surface area contributed by atoms with Gasteiger partial charge in [-0.05, 0) is 30.7 Å². The van der Waals surface area contributed by atoms with Crippen molar-refractivity contribution in [3.05, 3.63) is 36.5 Å². The highest BCUT2D eigenvalue weighted by molar-refractivity contribution is 7.92. The Balaban J connectivity index is 1.72. The molecule has 3 rings (SSSR count). The molecule has 0 unspecified atom stereocenters. The summed E-state index contributed by atoms with van der Waals surface area (Å²) in [7, 11) is -1.75. The molecule has 1 N–H and O–H groups in total. The molecule has 0 bridgehead atoms. The van der Waals surface area contributed by atoms with Crippen LogP contribution in [0.1, 0.15) is 19.8 Å². The van der Waals surface area contributed by atoms with Crippen LogP contribution in [0.2, 0.25) is 0 Å². The first-order valence-electron chi connectivity index (χ1n) is 8.09. The van der Waals surface area contributed by atoms with Gasteiger partial charge in [0, 0.05) is 19.7 Å². The summed E-state index contributed by atoms with van der Waals surface area (Å²) in [5, 5.41) is 0. The van der Waals surface area contributed by atoms with E-state index < -0.39 is 10.0 Å². The van der Waals surface area contributed by atoms with Crippen molar-refractivity contribution in [2.45, 2.75) is 24.7 Å². The fraction of sp³-hybridized carbons (Fsp3) is 0.353. The molecule has 0 amide bonds. The minimum absolute atomic E-state index is 0.100. The van der Waals surface area contributed by atoms with Gasteiger partial charge in [-0.1, -0.05) is 13.3 Å². The number of hydrogen-bond donors (Lipinski definition) is 1. The van der Waals surface area contributed by atoms with Crippen molar-refractivity contribution in [2.75, 3.05) is 30.0 Å². The van der Waals surface area contributed by atoms with Gasteiger partial charge >= 0.3 is 0 Å². The number of hydrogen-bond acceptors (Lipinski definition) is 6. The topological polar surface area (TPSA) is 80.8 Å². The minimum Gasteiger partial charge on any atom is -0.454 e. The molecule has 0 atom stereocenters. The second kappa shape index (κ2) is 7.18. The Hall–Kier alpha value is -2.48. The van der Waals surface area contributed by atoms with Crippen molar-refractivity contribution in [3.8, 4) is 11.5 Å². The molecular formula is C17H21N3O4S. The Labute approximate surface area is 147 Å². The molecule has 7 nitrogen and oxygen atoms in total. The van der Waals surface area contributed by atoms with Crippen molar-refractivity contribution in [2.24, 2.45) is 0 Å². The summed E-state index contributed by atoms with van der Waals surface area (Å²) >= 11 is 0. The highest BCUT2D eigenvalue weighted by Gasteiger charge is 2.20. The minimum atomic E-state index is -3.72. The fourth-order valence-corrected chi connectivity index (χ4v) is 3.50. The van der Waals surface area contributed by atoms with Gasteiger partial charge in [-0.15, -0.1) is 0 Å². The van der Waals surface area contributed by atoms with Gasteiger partial charge in [-0.3, -0.25) is 4.72 Å². The zero-order valence-corrected chi connectivity index (χ0v) is 15.0. The number of sulfonamides is 1. The lowest BCUT2D eigenvalue weighted by atomic mass is 10.3. The summed E-state index contributed by atoms with van der Waals surface area (Å²) in [6.45, 7) is 3.14. The Morgan fingerprint density at radius 3 is 2.72 bits per heavy atom. The van der Waals surface area contributed by atoms with E-state index in [-0.39, 0.29) is 11.7 Å². The van der Waals surface area contributed by atoms with Gasteiger partial charge < -0.3 is 14.4 Å². The smallest absolute Gasteiger partial charge is 0.262 e. The van der Waals surface area contributed by atoms with E-state index in [1.807, 2.05) is 11.9 Å². The maximum atomic E-state index is 12.5. The lowest BCUT2D eigenvalue weighted by Crippen LogP contribution is -2.19. The molecule has 25 heavy (non-hydrogen) atoms. The first kappa shape index (κ1) is 17.3. The van der Waals surface area contributed by atoms with Crippen molar-refractivity contribution in [1.29, 1.82) is 0 Å². The number of benzene rings is 1. The zero-order valence-electron chi connectivity index (χ0n) is 14.2. The maximum absolute atomic E-state index is 12.5. The van der Waals surface area contributed by atoms with E-state index >= 15 is 0 Å². The number of nitrogens with zero attached hydrogens (tertiary/aromatic N) is 2. The second-order valence-electron chi connectivity index (χ2n) is 5.80. The van der Waals surface area contributed by atoms with E-state index in [9.17, 15) is 8.42 Å². The molecule has 0 spiro atoms. The first-order chi connectivity index (χ1) is 12.0. The fourth-order valence-electron chi connectivity index (χ4n) is 2.44. The highest BCUT2D eigenvalue weighted by Crippen LogP contribution is 2.34. The molecule has 2 heterocycles. The number of aromatic nitrogens is 1. The normalized spacial score (nSPS) is 12.9. The van der Waals surface area contributed by atoms with Crippen LogP contribution in [0.4, 0.5) is 11.5 Å². The molecule has 0 fully saturated rings. The Morgan fingerprint density at radius 2 is 2.00 bits per heavy atom. The summed E-state index contributed by atoms with van der Waals surface area (Å²) in [5.41, 5.74) is 0.408. The summed E-state index contributed by atoms with van der Waals surface area (Å²) in [6.07, 6.45) is 3.71. The number of fused-ring (bicyclic) bond motifs is 1. The predicted octanol–water partition coefficient (Wildman–Crippen LogP) is 2.85. The molecule has 1 aliphatic heterocycles. The maximum Gasteiger partial charge on any atom is 0.262 e. The number of anilines is 2. The number of nitrogens with one attached hydrogen (secondary N) is 1. The standard InChI is InChI=1S/C17H21N3O4S/c1-3-4-9-20(2)17-8-5-13(11-18-17)19-25(21,22)14-6-7-15-16(10-14)24-12-23-15/h5-8,10-11,19H,3-4,9,12H2,1-2H3. The first-order valence-corrected chi connectivity index (χ1v) is 9.57. The SMILES string of the molecule is CCCCN(C)c1ccc(NS(=O)(=O)c2ccc3c(c2)OCO3)cn1. The van der Waals surface area contributed by atoms with Crippen LogP contribution >= 0.6 is 0 Å². The molecule has 2 aromatic rings. The molecule has 134 valence electrons. The van der Waals surface area contributed by atoms with Crippen molar-refractivity contribution in [1.82, 2.24) is 4.98 Å². The van der Waals surface area contributed by atoms with Crippen LogP contribution in [0.15, 0.2) is 41.4 Å². The number of ether oxygens (including phenoxy) is 2. The third-order valence-electron chi connectivity index (χ3n) is 3.89. The van der Waals surface area contributed by atoms with Gasteiger partial charge in [0.15, 0.2) is 11.5 Å². The summed E-state index contributed by atoms with van der Waals surface area (Å²) in [4.78, 5) is 6.47. The van der Waals surface area contributed by atoms with E-state index in [1.54, 1.807) is 18.2 Å². The average molecular weight is 363 g/mol. The van der Waals surface area contributed by atoms with E-state index in [1.165, 1.54) is 18.3 Å². The van der Waals surface area contributed by atoms with Crippen LogP contribution in [0.25, 0.3) is 0 Å². The summed E-state index contributed by atoms with van der Waals surface area (Å²) in [6, 6.07) is 8.02. The van der Waals surface area contributed by atoms with Gasteiger partial charge in [0.1, 0.15) is 5.82 Å². The van der Waals surface area contributed by atoms with Gasteiger partial charge in [0.25, 0.3) is 10.0 Å². The van der Waals surface area contributed by atoms with Crippen LogP contribution in [0, 0.1) is 0 Å².